The summed E-state index contributed by atoms with van der Waals surface area (Å²) < 4.78 is 17.3. The van der Waals surface area contributed by atoms with Crippen LogP contribution in [0.15, 0.2) is 12.7 Å². The summed E-state index contributed by atoms with van der Waals surface area (Å²) >= 11 is 0. The van der Waals surface area contributed by atoms with Gasteiger partial charge in [0, 0.05) is 32.4 Å². The molecule has 0 aromatic heterocycles. The van der Waals surface area contributed by atoms with E-state index in [-0.39, 0.29) is 5.91 Å². The topological polar surface area (TPSA) is 56.8 Å². The number of unbranched alkanes of at least 4 members (excludes halogenated alkanes) is 1. The Labute approximate surface area is 117 Å². The maximum Gasteiger partial charge on any atom is 0.500 e. The predicted octanol–water partition coefficient (Wildman–Crippen LogP) is 2.12. The van der Waals surface area contributed by atoms with Crippen molar-refractivity contribution in [2.45, 2.75) is 39.7 Å². The SMILES string of the molecule is C=CC(=O)NCCCC[Si](OCC)(OCC)OCC. The van der Waals surface area contributed by atoms with Gasteiger partial charge in [0.2, 0.25) is 5.91 Å². The highest BCUT2D eigenvalue weighted by molar-refractivity contribution is 6.60. The summed E-state index contributed by atoms with van der Waals surface area (Å²) in [6.45, 7) is 11.7. The van der Waals surface area contributed by atoms with Crippen molar-refractivity contribution in [3.05, 3.63) is 12.7 Å². The first-order chi connectivity index (χ1) is 9.14. The maximum absolute atomic E-state index is 11.0. The molecule has 0 saturated carbocycles. The summed E-state index contributed by atoms with van der Waals surface area (Å²) in [5.74, 6) is -0.136. The van der Waals surface area contributed by atoms with Crippen LogP contribution in [0.5, 0.6) is 0 Å². The van der Waals surface area contributed by atoms with Crippen LogP contribution in [0.4, 0.5) is 0 Å². The molecule has 1 amide bonds. The van der Waals surface area contributed by atoms with Crippen LogP contribution < -0.4 is 5.32 Å². The second-order valence-electron chi connectivity index (χ2n) is 3.93. The molecule has 0 rings (SSSR count). The van der Waals surface area contributed by atoms with E-state index in [2.05, 4.69) is 11.9 Å². The summed E-state index contributed by atoms with van der Waals surface area (Å²) in [6.07, 6.45) is 3.06. The average molecular weight is 289 g/mol. The molecule has 0 fully saturated rings. The van der Waals surface area contributed by atoms with Crippen LogP contribution in [-0.4, -0.2) is 41.1 Å². The largest absolute Gasteiger partial charge is 0.500 e. The second-order valence-corrected chi connectivity index (χ2v) is 6.67. The highest BCUT2D eigenvalue weighted by atomic mass is 28.4. The van der Waals surface area contributed by atoms with Gasteiger partial charge in [-0.25, -0.2) is 0 Å². The average Bonchev–Trinajstić information content (AvgIpc) is 2.39. The quantitative estimate of drug-likeness (QED) is 0.340. The van der Waals surface area contributed by atoms with Crippen LogP contribution in [0.3, 0.4) is 0 Å². The molecule has 5 nitrogen and oxygen atoms in total. The van der Waals surface area contributed by atoms with Gasteiger partial charge in [0.1, 0.15) is 0 Å². The van der Waals surface area contributed by atoms with E-state index in [1.807, 2.05) is 20.8 Å². The molecule has 0 saturated heterocycles. The van der Waals surface area contributed by atoms with E-state index in [1.54, 1.807) is 0 Å². The Kier molecular flexibility index (Phi) is 10.8. The molecule has 0 aliphatic rings. The van der Waals surface area contributed by atoms with E-state index in [1.165, 1.54) is 6.08 Å². The van der Waals surface area contributed by atoms with Gasteiger partial charge in [-0.2, -0.15) is 0 Å². The third-order valence-electron chi connectivity index (χ3n) is 2.49. The lowest BCUT2D eigenvalue weighted by atomic mass is 10.3. The zero-order valence-electron chi connectivity index (χ0n) is 12.4. The molecule has 0 bridgehead atoms. The van der Waals surface area contributed by atoms with E-state index in [0.29, 0.717) is 26.4 Å². The minimum absolute atomic E-state index is 0.136. The molecular formula is C13H27NO4Si. The molecule has 112 valence electrons. The lowest BCUT2D eigenvalue weighted by Gasteiger charge is -2.28. The maximum atomic E-state index is 11.0. The number of carbonyl (C=O) groups is 1. The van der Waals surface area contributed by atoms with Crippen molar-refractivity contribution in [3.8, 4) is 0 Å². The molecule has 0 aromatic carbocycles. The first-order valence-corrected chi connectivity index (χ1v) is 8.89. The monoisotopic (exact) mass is 289 g/mol. The Bertz CT molecular complexity index is 244. The number of carbonyl (C=O) groups excluding carboxylic acids is 1. The molecular weight excluding hydrogens is 262 g/mol. The first-order valence-electron chi connectivity index (χ1n) is 6.96. The van der Waals surface area contributed by atoms with Crippen molar-refractivity contribution in [1.82, 2.24) is 5.32 Å². The Balaban J connectivity index is 4.09. The lowest BCUT2D eigenvalue weighted by molar-refractivity contribution is -0.116. The van der Waals surface area contributed by atoms with Crippen LogP contribution >= 0.6 is 0 Å². The fraction of sp³-hybridized carbons (Fsp3) is 0.769. The second kappa shape index (κ2) is 11.2. The molecule has 0 aliphatic carbocycles. The molecule has 1 N–H and O–H groups in total. The smallest absolute Gasteiger partial charge is 0.374 e. The van der Waals surface area contributed by atoms with Gasteiger partial charge in [0.15, 0.2) is 0 Å². The fourth-order valence-corrected chi connectivity index (χ4v) is 4.44. The van der Waals surface area contributed by atoms with Crippen LogP contribution in [0, 0.1) is 0 Å². The standard InChI is InChI=1S/C13H27NO4Si/c1-5-13(15)14-11-9-10-12-19(16-6-2,17-7-3)18-8-4/h5H,1,6-12H2,2-4H3,(H,14,15). The third-order valence-corrected chi connectivity index (χ3v) is 5.64. The minimum Gasteiger partial charge on any atom is -0.374 e. The molecule has 0 heterocycles. The van der Waals surface area contributed by atoms with Gasteiger partial charge < -0.3 is 18.6 Å². The highest BCUT2D eigenvalue weighted by Gasteiger charge is 2.39. The molecule has 0 unspecified atom stereocenters. The molecule has 6 heteroatoms. The fourth-order valence-electron chi connectivity index (χ4n) is 1.75. The Morgan fingerprint density at radius 1 is 1.11 bits per heavy atom. The van der Waals surface area contributed by atoms with Gasteiger partial charge in [0.25, 0.3) is 0 Å². The summed E-state index contributed by atoms with van der Waals surface area (Å²) in [5.41, 5.74) is 0. The van der Waals surface area contributed by atoms with Crippen LogP contribution in [0.2, 0.25) is 6.04 Å². The third kappa shape index (κ3) is 8.15. The van der Waals surface area contributed by atoms with E-state index >= 15 is 0 Å². The van der Waals surface area contributed by atoms with Crippen LogP contribution in [0.25, 0.3) is 0 Å². The number of nitrogens with one attached hydrogen (secondary N) is 1. The van der Waals surface area contributed by atoms with Gasteiger partial charge in [-0.15, -0.1) is 0 Å². The van der Waals surface area contributed by atoms with Crippen molar-refractivity contribution in [2.24, 2.45) is 0 Å². The Morgan fingerprint density at radius 3 is 2.05 bits per heavy atom. The summed E-state index contributed by atoms with van der Waals surface area (Å²) in [7, 11) is -2.51. The summed E-state index contributed by atoms with van der Waals surface area (Å²) in [5, 5.41) is 2.75. The molecule has 0 radical (unpaired) electrons. The number of hydrogen-bond acceptors (Lipinski definition) is 4. The van der Waals surface area contributed by atoms with E-state index in [9.17, 15) is 4.79 Å². The Hall–Kier alpha value is -0.693. The molecule has 0 spiro atoms. The van der Waals surface area contributed by atoms with Crippen molar-refractivity contribution >= 4 is 14.7 Å². The summed E-state index contributed by atoms with van der Waals surface area (Å²) in [4.78, 5) is 11.0. The van der Waals surface area contributed by atoms with Gasteiger partial charge in [-0.1, -0.05) is 6.58 Å². The van der Waals surface area contributed by atoms with Crippen LogP contribution in [-0.2, 0) is 18.1 Å². The zero-order chi connectivity index (χ0) is 14.6. The van der Waals surface area contributed by atoms with Gasteiger partial charge in [0.05, 0.1) is 0 Å². The van der Waals surface area contributed by atoms with Gasteiger partial charge in [-0.3, -0.25) is 4.79 Å². The van der Waals surface area contributed by atoms with Crippen molar-refractivity contribution < 1.29 is 18.1 Å². The number of rotatable bonds is 12. The van der Waals surface area contributed by atoms with Crippen molar-refractivity contribution in [3.63, 3.8) is 0 Å². The number of amides is 1. The first kappa shape index (κ1) is 18.3. The molecule has 0 aromatic rings. The van der Waals surface area contributed by atoms with E-state index in [0.717, 1.165) is 18.9 Å². The lowest BCUT2D eigenvalue weighted by Crippen LogP contribution is -2.46. The van der Waals surface area contributed by atoms with Crippen molar-refractivity contribution in [1.29, 1.82) is 0 Å². The Morgan fingerprint density at radius 2 is 1.63 bits per heavy atom. The molecule has 0 aliphatic heterocycles. The van der Waals surface area contributed by atoms with Gasteiger partial charge in [-0.05, 0) is 39.7 Å². The van der Waals surface area contributed by atoms with Crippen molar-refractivity contribution in [2.75, 3.05) is 26.4 Å². The van der Waals surface area contributed by atoms with E-state index in [4.69, 9.17) is 13.3 Å². The van der Waals surface area contributed by atoms with E-state index < -0.39 is 8.80 Å². The highest BCUT2D eigenvalue weighted by Crippen LogP contribution is 2.19. The summed E-state index contributed by atoms with van der Waals surface area (Å²) in [6, 6.07) is 0.784. The molecule has 0 atom stereocenters. The predicted molar refractivity (Wildman–Crippen MR) is 77.9 cm³/mol. The number of hydrogen-bond donors (Lipinski definition) is 1. The minimum atomic E-state index is -2.51. The van der Waals surface area contributed by atoms with Gasteiger partial charge >= 0.3 is 8.80 Å². The zero-order valence-corrected chi connectivity index (χ0v) is 13.4. The molecule has 19 heavy (non-hydrogen) atoms. The normalized spacial score (nSPS) is 11.3. The van der Waals surface area contributed by atoms with Crippen LogP contribution in [0.1, 0.15) is 33.6 Å².